The van der Waals surface area contributed by atoms with Crippen molar-refractivity contribution < 1.29 is 9.47 Å². The predicted octanol–water partition coefficient (Wildman–Crippen LogP) is 5.95. The Morgan fingerprint density at radius 2 is 1.67 bits per heavy atom. The Bertz CT molecular complexity index is 1020. The number of nitrogens with one attached hydrogen (secondary N) is 1. The van der Waals surface area contributed by atoms with Gasteiger partial charge in [-0.3, -0.25) is 0 Å². The van der Waals surface area contributed by atoms with Crippen LogP contribution in [0.1, 0.15) is 49.8 Å². The Kier molecular flexibility index (Phi) is 6.52. The van der Waals surface area contributed by atoms with Crippen molar-refractivity contribution >= 4 is 5.57 Å². The zero-order chi connectivity index (χ0) is 21.8. The molecule has 1 atom stereocenters. The van der Waals surface area contributed by atoms with Crippen LogP contribution >= 0.6 is 0 Å². The number of dihydropyridines is 1. The first-order valence-electron chi connectivity index (χ1n) is 10.3. The van der Waals surface area contributed by atoms with Crippen molar-refractivity contribution in [1.29, 1.82) is 5.26 Å². The normalized spacial score (nSPS) is 16.4. The number of hydrogen-bond acceptors (Lipinski definition) is 4. The summed E-state index contributed by atoms with van der Waals surface area (Å²) in [7, 11) is 3.27. The summed E-state index contributed by atoms with van der Waals surface area (Å²) in [5.74, 6) is 1.67. The topological polar surface area (TPSA) is 54.3 Å². The van der Waals surface area contributed by atoms with E-state index in [2.05, 4.69) is 63.3 Å². The molecule has 0 saturated carbocycles. The lowest BCUT2D eigenvalue weighted by Crippen LogP contribution is -2.25. The molecule has 1 N–H and O–H groups in total. The third-order valence-corrected chi connectivity index (χ3v) is 5.48. The van der Waals surface area contributed by atoms with Gasteiger partial charge in [0.15, 0.2) is 11.5 Å². The van der Waals surface area contributed by atoms with Crippen LogP contribution in [0.15, 0.2) is 59.4 Å². The Labute approximate surface area is 179 Å². The largest absolute Gasteiger partial charge is 0.493 e. The summed E-state index contributed by atoms with van der Waals surface area (Å²) >= 11 is 0. The van der Waals surface area contributed by atoms with E-state index in [0.29, 0.717) is 17.4 Å². The van der Waals surface area contributed by atoms with Crippen molar-refractivity contribution in [2.45, 2.75) is 40.0 Å². The van der Waals surface area contributed by atoms with Crippen LogP contribution in [0.4, 0.5) is 0 Å². The van der Waals surface area contributed by atoms with Crippen LogP contribution in [-0.2, 0) is 0 Å². The number of rotatable bonds is 6. The molecule has 0 spiro atoms. The minimum absolute atomic E-state index is 0.135. The highest BCUT2D eigenvalue weighted by molar-refractivity contribution is 5.81. The second-order valence-electron chi connectivity index (χ2n) is 8.18. The molecule has 1 unspecified atom stereocenters. The van der Waals surface area contributed by atoms with E-state index < -0.39 is 0 Å². The molecular weight excluding hydrogens is 372 g/mol. The van der Waals surface area contributed by atoms with E-state index in [4.69, 9.17) is 9.47 Å². The molecule has 0 bridgehead atoms. The molecule has 0 radical (unpaired) electrons. The van der Waals surface area contributed by atoms with Gasteiger partial charge in [0.2, 0.25) is 0 Å². The van der Waals surface area contributed by atoms with Gasteiger partial charge < -0.3 is 14.8 Å². The van der Waals surface area contributed by atoms with Crippen molar-refractivity contribution in [3.63, 3.8) is 0 Å². The van der Waals surface area contributed by atoms with Crippen LogP contribution in [0.2, 0.25) is 0 Å². The minimum Gasteiger partial charge on any atom is -0.493 e. The monoisotopic (exact) mass is 402 g/mol. The lowest BCUT2D eigenvalue weighted by molar-refractivity contribution is 0.355. The minimum atomic E-state index is -0.135. The van der Waals surface area contributed by atoms with E-state index in [1.165, 1.54) is 5.56 Å². The third-order valence-electron chi connectivity index (χ3n) is 5.48. The molecule has 0 aromatic heterocycles. The van der Waals surface area contributed by atoms with Gasteiger partial charge in [0, 0.05) is 17.3 Å². The smallest absolute Gasteiger partial charge is 0.161 e. The summed E-state index contributed by atoms with van der Waals surface area (Å²) in [5, 5.41) is 13.7. The van der Waals surface area contributed by atoms with E-state index >= 15 is 0 Å². The second kappa shape index (κ2) is 9.09. The van der Waals surface area contributed by atoms with E-state index in [1.807, 2.05) is 18.2 Å². The number of nitriles is 1. The van der Waals surface area contributed by atoms with Gasteiger partial charge in [-0.05, 0) is 55.0 Å². The first-order chi connectivity index (χ1) is 14.4. The van der Waals surface area contributed by atoms with Crippen molar-refractivity contribution in [2.75, 3.05) is 14.2 Å². The molecule has 1 heterocycles. The SMILES string of the molecule is COc1ccc(C2=C(C)NC(CC(C)C)=C(C#N)C2c2ccc(C)cc2)cc1OC. The average Bonchev–Trinajstić information content (AvgIpc) is 2.73. The first-order valence-corrected chi connectivity index (χ1v) is 10.3. The number of ether oxygens (including phenoxy) is 2. The summed E-state index contributed by atoms with van der Waals surface area (Å²) in [4.78, 5) is 0. The molecule has 0 saturated heterocycles. The van der Waals surface area contributed by atoms with Crippen molar-refractivity contribution in [2.24, 2.45) is 5.92 Å². The second-order valence-corrected chi connectivity index (χ2v) is 8.18. The van der Waals surface area contributed by atoms with Gasteiger partial charge in [-0.1, -0.05) is 49.7 Å². The van der Waals surface area contributed by atoms with Crippen molar-refractivity contribution in [3.05, 3.63) is 76.1 Å². The van der Waals surface area contributed by atoms with Crippen LogP contribution in [0.3, 0.4) is 0 Å². The molecule has 0 fully saturated rings. The molecule has 0 aliphatic carbocycles. The summed E-state index contributed by atoms with van der Waals surface area (Å²) in [6, 6.07) is 16.9. The van der Waals surface area contributed by atoms with Gasteiger partial charge in [-0.2, -0.15) is 5.26 Å². The molecule has 1 aliphatic rings. The zero-order valence-electron chi connectivity index (χ0n) is 18.7. The first kappa shape index (κ1) is 21.5. The maximum Gasteiger partial charge on any atom is 0.161 e. The highest BCUT2D eigenvalue weighted by atomic mass is 16.5. The molecule has 4 heteroatoms. The molecule has 2 aromatic carbocycles. The van der Waals surface area contributed by atoms with Crippen molar-refractivity contribution in [3.8, 4) is 17.6 Å². The van der Waals surface area contributed by atoms with Crippen molar-refractivity contribution in [1.82, 2.24) is 5.32 Å². The number of methoxy groups -OCH3 is 2. The average molecular weight is 403 g/mol. The Morgan fingerprint density at radius 3 is 2.23 bits per heavy atom. The predicted molar refractivity (Wildman–Crippen MR) is 121 cm³/mol. The number of nitrogens with zero attached hydrogens (tertiary/aromatic N) is 1. The van der Waals surface area contributed by atoms with Crippen LogP contribution in [-0.4, -0.2) is 14.2 Å². The van der Waals surface area contributed by atoms with E-state index in [9.17, 15) is 5.26 Å². The van der Waals surface area contributed by atoms with Gasteiger partial charge in [-0.15, -0.1) is 0 Å². The number of benzene rings is 2. The summed E-state index contributed by atoms with van der Waals surface area (Å²) in [6.45, 7) is 8.51. The van der Waals surface area contributed by atoms with E-state index in [0.717, 1.165) is 40.1 Å². The fourth-order valence-electron chi connectivity index (χ4n) is 4.08. The molecule has 30 heavy (non-hydrogen) atoms. The van der Waals surface area contributed by atoms with Crippen LogP contribution in [0.25, 0.3) is 5.57 Å². The standard InChI is InChI=1S/C26H30N2O2/c1-16(2)13-22-21(15-27)26(19-9-7-17(3)8-10-19)25(18(4)28-22)20-11-12-23(29-5)24(14-20)30-6/h7-12,14,16,26,28H,13H2,1-6H3. The van der Waals surface area contributed by atoms with Gasteiger partial charge in [-0.25, -0.2) is 0 Å². The highest BCUT2D eigenvalue weighted by Crippen LogP contribution is 2.45. The summed E-state index contributed by atoms with van der Waals surface area (Å²) < 4.78 is 11.0. The zero-order valence-corrected chi connectivity index (χ0v) is 18.7. The molecule has 2 aromatic rings. The maximum atomic E-state index is 10.2. The lowest BCUT2D eigenvalue weighted by atomic mass is 9.77. The van der Waals surface area contributed by atoms with Gasteiger partial charge >= 0.3 is 0 Å². The fraction of sp³-hybridized carbons (Fsp3) is 0.346. The molecule has 3 rings (SSSR count). The Hall–Kier alpha value is -3.19. The summed E-state index contributed by atoms with van der Waals surface area (Å²) in [5.41, 5.74) is 7.27. The van der Waals surface area contributed by atoms with E-state index in [1.54, 1.807) is 14.2 Å². The van der Waals surface area contributed by atoms with Gasteiger partial charge in [0.25, 0.3) is 0 Å². The van der Waals surface area contributed by atoms with E-state index in [-0.39, 0.29) is 5.92 Å². The van der Waals surface area contributed by atoms with Crippen LogP contribution < -0.4 is 14.8 Å². The lowest BCUT2D eigenvalue weighted by Gasteiger charge is -2.32. The number of allylic oxidation sites excluding steroid dienone is 4. The number of hydrogen-bond donors (Lipinski definition) is 1. The molecule has 0 amide bonds. The molecular formula is C26H30N2O2. The Morgan fingerprint density at radius 1 is 1.00 bits per heavy atom. The highest BCUT2D eigenvalue weighted by Gasteiger charge is 2.31. The van der Waals surface area contributed by atoms with Gasteiger partial charge in [0.05, 0.1) is 25.9 Å². The molecule has 1 aliphatic heterocycles. The van der Waals surface area contributed by atoms with Crippen LogP contribution in [0, 0.1) is 24.2 Å². The Balaban J connectivity index is 2.22. The molecule has 4 nitrogen and oxygen atoms in total. The quantitative estimate of drug-likeness (QED) is 0.648. The molecule has 156 valence electrons. The van der Waals surface area contributed by atoms with Crippen LogP contribution in [0.5, 0.6) is 11.5 Å². The summed E-state index contributed by atoms with van der Waals surface area (Å²) in [6.07, 6.45) is 0.835. The maximum absolute atomic E-state index is 10.2. The number of aryl methyl sites for hydroxylation is 1. The third kappa shape index (κ3) is 4.21. The fourth-order valence-corrected chi connectivity index (χ4v) is 4.08. The van der Waals surface area contributed by atoms with Gasteiger partial charge in [0.1, 0.15) is 0 Å².